The first-order chi connectivity index (χ1) is 13.4. The summed E-state index contributed by atoms with van der Waals surface area (Å²) in [5.41, 5.74) is 3.33. The number of carbonyl (C=O) groups excluding carboxylic acids is 1. The molecule has 1 atom stereocenters. The summed E-state index contributed by atoms with van der Waals surface area (Å²) in [6.07, 6.45) is 1.16. The summed E-state index contributed by atoms with van der Waals surface area (Å²) in [5.74, 6) is 0.431. The lowest BCUT2D eigenvalue weighted by molar-refractivity contribution is -0.119. The van der Waals surface area contributed by atoms with Gasteiger partial charge in [0.25, 0.3) is 0 Å². The molecule has 2 aromatic carbocycles. The number of ether oxygens (including phenoxy) is 2. The van der Waals surface area contributed by atoms with Crippen LogP contribution < -0.4 is 25.5 Å². The molecule has 0 saturated carbocycles. The van der Waals surface area contributed by atoms with Gasteiger partial charge >= 0.3 is 0 Å². The average Bonchev–Trinajstić information content (AvgIpc) is 2.89. The Balaban J connectivity index is 2.41. The van der Waals surface area contributed by atoms with Gasteiger partial charge in [-0.15, -0.1) is 0 Å². The van der Waals surface area contributed by atoms with Crippen LogP contribution in [0.2, 0.25) is 0 Å². The molecule has 1 aliphatic rings. The van der Waals surface area contributed by atoms with Gasteiger partial charge < -0.3 is 25.2 Å². The van der Waals surface area contributed by atoms with Crippen LogP contribution in [0.1, 0.15) is 30.5 Å². The van der Waals surface area contributed by atoms with Gasteiger partial charge in [-0.3, -0.25) is 9.59 Å². The molecule has 7 nitrogen and oxygen atoms in total. The standard InChI is InChI=1S/C21H24N2O5/c1-11(24)23-15-7-5-12-9-18(26)20(27-3)21(28-4)19(12)13-6-8-16(22-2)17(25)10-14(13)15/h6,8-10,15,26H,5,7H2,1-4H3,(H,22,25)(H,23,24)/t15-/m0/s1. The summed E-state index contributed by atoms with van der Waals surface area (Å²) in [6.45, 7) is 1.45. The quantitative estimate of drug-likeness (QED) is 0.750. The number of carbonyl (C=O) groups is 1. The predicted molar refractivity (Wildman–Crippen MR) is 107 cm³/mol. The number of phenols is 1. The van der Waals surface area contributed by atoms with E-state index in [9.17, 15) is 14.7 Å². The molecule has 0 aliphatic heterocycles. The summed E-state index contributed by atoms with van der Waals surface area (Å²) >= 11 is 0. The highest BCUT2D eigenvalue weighted by atomic mass is 16.5. The third kappa shape index (κ3) is 3.35. The molecule has 0 heterocycles. The van der Waals surface area contributed by atoms with Gasteiger partial charge in [0.2, 0.25) is 17.1 Å². The maximum absolute atomic E-state index is 12.6. The molecule has 0 fully saturated rings. The van der Waals surface area contributed by atoms with Crippen molar-refractivity contribution in [2.45, 2.75) is 25.8 Å². The van der Waals surface area contributed by atoms with Crippen molar-refractivity contribution >= 4 is 11.6 Å². The van der Waals surface area contributed by atoms with Gasteiger partial charge in [0.15, 0.2) is 11.5 Å². The molecule has 0 aromatic heterocycles. The number of nitrogens with one attached hydrogen (secondary N) is 2. The number of anilines is 1. The topological polar surface area (TPSA) is 96.9 Å². The SMILES string of the molecule is CNc1ccc2c(cc1=O)[C@@H](NC(C)=O)CCc1cc(O)c(OC)c(OC)c1-2. The maximum Gasteiger partial charge on any atom is 0.217 e. The van der Waals surface area contributed by atoms with Gasteiger partial charge in [-0.05, 0) is 47.7 Å². The number of aryl methyl sites for hydroxylation is 1. The van der Waals surface area contributed by atoms with Crippen LogP contribution >= 0.6 is 0 Å². The van der Waals surface area contributed by atoms with Gasteiger partial charge in [-0.1, -0.05) is 6.07 Å². The highest BCUT2D eigenvalue weighted by Crippen LogP contribution is 2.49. The summed E-state index contributed by atoms with van der Waals surface area (Å²) in [6, 6.07) is 6.40. The summed E-state index contributed by atoms with van der Waals surface area (Å²) in [5, 5.41) is 16.2. The van der Waals surface area contributed by atoms with E-state index in [1.807, 2.05) is 6.07 Å². The van der Waals surface area contributed by atoms with Crippen molar-refractivity contribution in [2.75, 3.05) is 26.6 Å². The second kappa shape index (κ2) is 7.80. The van der Waals surface area contributed by atoms with Crippen LogP contribution in [0.4, 0.5) is 5.69 Å². The van der Waals surface area contributed by atoms with E-state index in [0.29, 0.717) is 29.8 Å². The van der Waals surface area contributed by atoms with E-state index in [1.165, 1.54) is 21.1 Å². The Morgan fingerprint density at radius 2 is 1.89 bits per heavy atom. The largest absolute Gasteiger partial charge is 0.504 e. The number of methoxy groups -OCH3 is 2. The molecule has 0 unspecified atom stereocenters. The summed E-state index contributed by atoms with van der Waals surface area (Å²) in [4.78, 5) is 24.4. The zero-order valence-corrected chi connectivity index (χ0v) is 16.4. The number of aromatic hydroxyl groups is 1. The van der Waals surface area contributed by atoms with E-state index in [-0.39, 0.29) is 28.9 Å². The van der Waals surface area contributed by atoms with E-state index < -0.39 is 0 Å². The Kier molecular flexibility index (Phi) is 5.44. The van der Waals surface area contributed by atoms with Crippen molar-refractivity contribution in [1.29, 1.82) is 0 Å². The molecule has 0 radical (unpaired) electrons. The number of rotatable bonds is 4. The van der Waals surface area contributed by atoms with E-state index in [4.69, 9.17) is 9.47 Å². The highest BCUT2D eigenvalue weighted by molar-refractivity contribution is 5.83. The number of fused-ring (bicyclic) bond motifs is 3. The zero-order valence-electron chi connectivity index (χ0n) is 16.4. The molecule has 28 heavy (non-hydrogen) atoms. The minimum atomic E-state index is -0.345. The Morgan fingerprint density at radius 1 is 1.18 bits per heavy atom. The van der Waals surface area contributed by atoms with E-state index in [0.717, 1.165) is 16.7 Å². The van der Waals surface area contributed by atoms with Crippen molar-refractivity contribution in [3.63, 3.8) is 0 Å². The van der Waals surface area contributed by atoms with Crippen molar-refractivity contribution in [3.8, 4) is 28.4 Å². The van der Waals surface area contributed by atoms with Gasteiger partial charge in [0, 0.05) is 19.5 Å². The van der Waals surface area contributed by atoms with Gasteiger partial charge in [-0.25, -0.2) is 0 Å². The fourth-order valence-corrected chi connectivity index (χ4v) is 3.78. The van der Waals surface area contributed by atoms with Crippen molar-refractivity contribution in [2.24, 2.45) is 0 Å². The minimum absolute atomic E-state index is 0.0154. The average molecular weight is 384 g/mol. The molecule has 0 bridgehead atoms. The lowest BCUT2D eigenvalue weighted by Gasteiger charge is -2.18. The van der Waals surface area contributed by atoms with Crippen molar-refractivity contribution in [3.05, 3.63) is 45.6 Å². The minimum Gasteiger partial charge on any atom is -0.504 e. The fourth-order valence-electron chi connectivity index (χ4n) is 3.78. The lowest BCUT2D eigenvalue weighted by Crippen LogP contribution is -2.26. The molecular formula is C21H24N2O5. The zero-order chi connectivity index (χ0) is 20.4. The van der Waals surface area contributed by atoms with E-state index >= 15 is 0 Å². The number of benzene rings is 1. The molecule has 7 heteroatoms. The number of hydrogen-bond acceptors (Lipinski definition) is 6. The smallest absolute Gasteiger partial charge is 0.217 e. The molecule has 2 aromatic rings. The molecule has 0 saturated heterocycles. The Bertz CT molecular complexity index is 987. The third-order valence-electron chi connectivity index (χ3n) is 4.98. The van der Waals surface area contributed by atoms with E-state index in [2.05, 4.69) is 10.6 Å². The van der Waals surface area contributed by atoms with Crippen LogP contribution in [0, 0.1) is 0 Å². The number of phenolic OH excluding ortho intramolecular Hbond substituents is 1. The van der Waals surface area contributed by atoms with Crippen LogP contribution in [-0.4, -0.2) is 32.3 Å². The molecule has 1 amide bonds. The molecule has 148 valence electrons. The molecule has 3 rings (SSSR count). The van der Waals surface area contributed by atoms with Crippen LogP contribution in [0.5, 0.6) is 17.2 Å². The monoisotopic (exact) mass is 384 g/mol. The van der Waals surface area contributed by atoms with Crippen molar-refractivity contribution < 1.29 is 19.4 Å². The second-order valence-corrected chi connectivity index (χ2v) is 6.66. The van der Waals surface area contributed by atoms with Crippen LogP contribution in [-0.2, 0) is 11.2 Å². The maximum atomic E-state index is 12.6. The summed E-state index contributed by atoms with van der Waals surface area (Å²) in [7, 11) is 4.65. The fraction of sp³-hybridized carbons (Fsp3) is 0.333. The van der Waals surface area contributed by atoms with Crippen LogP contribution in [0.3, 0.4) is 0 Å². The van der Waals surface area contributed by atoms with Crippen molar-refractivity contribution in [1.82, 2.24) is 5.32 Å². The summed E-state index contributed by atoms with van der Waals surface area (Å²) < 4.78 is 10.9. The highest BCUT2D eigenvalue weighted by Gasteiger charge is 2.28. The lowest BCUT2D eigenvalue weighted by atomic mass is 9.95. The molecule has 3 N–H and O–H groups in total. The first-order valence-electron chi connectivity index (χ1n) is 9.01. The number of hydrogen-bond donors (Lipinski definition) is 3. The molecule has 0 spiro atoms. The van der Waals surface area contributed by atoms with Crippen LogP contribution in [0.15, 0.2) is 29.1 Å². The Hall–Kier alpha value is -3.22. The van der Waals surface area contributed by atoms with Crippen LogP contribution in [0.25, 0.3) is 11.1 Å². The van der Waals surface area contributed by atoms with E-state index in [1.54, 1.807) is 25.2 Å². The molecular weight excluding hydrogens is 360 g/mol. The second-order valence-electron chi connectivity index (χ2n) is 6.66. The Morgan fingerprint density at radius 3 is 2.50 bits per heavy atom. The first-order valence-corrected chi connectivity index (χ1v) is 9.01. The van der Waals surface area contributed by atoms with Gasteiger partial charge in [0.1, 0.15) is 0 Å². The van der Waals surface area contributed by atoms with Gasteiger partial charge in [-0.2, -0.15) is 0 Å². The molecule has 1 aliphatic carbocycles. The third-order valence-corrected chi connectivity index (χ3v) is 4.98. The number of amides is 1. The van der Waals surface area contributed by atoms with Gasteiger partial charge in [0.05, 0.1) is 25.9 Å². The Labute approximate surface area is 163 Å². The first kappa shape index (κ1) is 19.5. The normalized spacial score (nSPS) is 14.9. The predicted octanol–water partition coefficient (Wildman–Crippen LogP) is 2.60.